The Morgan fingerprint density at radius 1 is 1.10 bits per heavy atom. The molecule has 0 aliphatic carbocycles. The first kappa shape index (κ1) is 14.7. The van der Waals surface area contributed by atoms with E-state index in [0.717, 1.165) is 11.1 Å². The summed E-state index contributed by atoms with van der Waals surface area (Å²) in [5.41, 5.74) is 1.74. The molecule has 0 saturated carbocycles. The normalized spacial score (nSPS) is 11.4. The fourth-order valence-electron chi connectivity index (χ4n) is 1.96. The fourth-order valence-corrected chi connectivity index (χ4v) is 1.96. The maximum Gasteiger partial charge on any atom is 0.237 e. The van der Waals surface area contributed by atoms with E-state index >= 15 is 0 Å². The Kier molecular flexibility index (Phi) is 5.05. The Morgan fingerprint density at radius 3 is 2.38 bits per heavy atom. The minimum Gasteiger partial charge on any atom is -0.351 e. The predicted octanol–water partition coefficient (Wildman–Crippen LogP) is 2.82. The summed E-state index contributed by atoms with van der Waals surface area (Å²) >= 11 is 0. The summed E-state index contributed by atoms with van der Waals surface area (Å²) in [5.74, 6) is -1.36. The van der Waals surface area contributed by atoms with Crippen LogP contribution in [0.1, 0.15) is 11.1 Å². The third-order valence-corrected chi connectivity index (χ3v) is 3.13. The summed E-state index contributed by atoms with van der Waals surface area (Å²) in [7, 11) is 0. The molecule has 3 nitrogen and oxygen atoms in total. The molecule has 0 aromatic heterocycles. The van der Waals surface area contributed by atoms with E-state index in [1.54, 1.807) is 12.1 Å². The average Bonchev–Trinajstić information content (AvgIpc) is 2.52. The molecule has 4 heteroatoms. The van der Waals surface area contributed by atoms with Crippen molar-refractivity contribution in [1.82, 2.24) is 5.32 Å². The summed E-state index contributed by atoms with van der Waals surface area (Å²) in [6, 6.07) is 17.3. The van der Waals surface area contributed by atoms with E-state index in [9.17, 15) is 9.18 Å². The molecule has 106 valence electrons. The maximum absolute atomic E-state index is 12.8. The number of carbonyl (C=O) groups is 1. The number of rotatable bonds is 5. The molecule has 0 saturated heterocycles. The number of nitrogens with one attached hydrogen (secondary N) is 1. The van der Waals surface area contributed by atoms with Crippen LogP contribution in [0.3, 0.4) is 0 Å². The zero-order valence-corrected chi connectivity index (χ0v) is 11.4. The summed E-state index contributed by atoms with van der Waals surface area (Å²) in [5, 5.41) is 11.8. The van der Waals surface area contributed by atoms with Crippen LogP contribution in [-0.2, 0) is 17.8 Å². The highest BCUT2D eigenvalue weighted by Gasteiger charge is 2.17. The van der Waals surface area contributed by atoms with Crippen LogP contribution in [0.2, 0.25) is 0 Å². The lowest BCUT2D eigenvalue weighted by molar-refractivity contribution is -0.123. The lowest BCUT2D eigenvalue weighted by atomic mass is 10.00. The molecule has 0 heterocycles. The van der Waals surface area contributed by atoms with Gasteiger partial charge in [-0.25, -0.2) is 4.39 Å². The summed E-state index contributed by atoms with van der Waals surface area (Å²) in [4.78, 5) is 12.0. The van der Waals surface area contributed by atoms with E-state index in [1.165, 1.54) is 12.1 Å². The van der Waals surface area contributed by atoms with Gasteiger partial charge < -0.3 is 5.32 Å². The first-order valence-corrected chi connectivity index (χ1v) is 6.65. The van der Waals surface area contributed by atoms with E-state index in [4.69, 9.17) is 5.26 Å². The summed E-state index contributed by atoms with van der Waals surface area (Å²) < 4.78 is 12.8. The zero-order chi connectivity index (χ0) is 15.1. The largest absolute Gasteiger partial charge is 0.351 e. The van der Waals surface area contributed by atoms with Crippen molar-refractivity contribution in [3.05, 3.63) is 71.5 Å². The molecule has 2 aromatic rings. The van der Waals surface area contributed by atoms with Gasteiger partial charge in [-0.05, 0) is 29.7 Å². The maximum atomic E-state index is 12.8. The first-order valence-electron chi connectivity index (χ1n) is 6.65. The second kappa shape index (κ2) is 7.20. The fraction of sp³-hybridized carbons (Fsp3) is 0.176. The average molecular weight is 282 g/mol. The third-order valence-electron chi connectivity index (χ3n) is 3.13. The topological polar surface area (TPSA) is 52.9 Å². The van der Waals surface area contributed by atoms with Crippen molar-refractivity contribution in [3.8, 4) is 6.07 Å². The van der Waals surface area contributed by atoms with Crippen LogP contribution in [-0.4, -0.2) is 5.91 Å². The van der Waals surface area contributed by atoms with E-state index in [0.29, 0.717) is 6.42 Å². The van der Waals surface area contributed by atoms with Gasteiger partial charge in [0.2, 0.25) is 5.91 Å². The molecule has 2 rings (SSSR count). The highest BCUT2D eigenvalue weighted by molar-refractivity contribution is 5.81. The van der Waals surface area contributed by atoms with Crippen molar-refractivity contribution in [2.75, 3.05) is 0 Å². The first-order chi connectivity index (χ1) is 10.2. The van der Waals surface area contributed by atoms with Gasteiger partial charge >= 0.3 is 0 Å². The second-order valence-corrected chi connectivity index (χ2v) is 4.72. The Morgan fingerprint density at radius 2 is 1.76 bits per heavy atom. The molecule has 0 spiro atoms. The quantitative estimate of drug-likeness (QED) is 0.916. The Labute approximate surface area is 123 Å². The van der Waals surface area contributed by atoms with Gasteiger partial charge in [-0.15, -0.1) is 0 Å². The van der Waals surface area contributed by atoms with E-state index in [-0.39, 0.29) is 18.3 Å². The van der Waals surface area contributed by atoms with Crippen LogP contribution < -0.4 is 5.32 Å². The molecule has 21 heavy (non-hydrogen) atoms. The van der Waals surface area contributed by atoms with E-state index < -0.39 is 5.92 Å². The van der Waals surface area contributed by atoms with Gasteiger partial charge in [0.05, 0.1) is 6.07 Å². The molecule has 0 bridgehead atoms. The number of nitriles is 1. The van der Waals surface area contributed by atoms with Crippen LogP contribution in [0, 0.1) is 23.1 Å². The minimum absolute atomic E-state index is 0.284. The number of amides is 1. The number of carbonyl (C=O) groups excluding carboxylic acids is 1. The molecule has 0 radical (unpaired) electrons. The number of benzene rings is 2. The zero-order valence-electron chi connectivity index (χ0n) is 11.4. The SMILES string of the molecule is N#CC(Cc1ccccc1)C(=O)NCc1ccc(F)cc1. The molecular formula is C17H15FN2O. The van der Waals surface area contributed by atoms with Gasteiger partial charge in [0.15, 0.2) is 0 Å². The van der Waals surface area contributed by atoms with Crippen molar-refractivity contribution in [2.24, 2.45) is 5.92 Å². The van der Waals surface area contributed by atoms with Gasteiger partial charge in [0.25, 0.3) is 0 Å². The van der Waals surface area contributed by atoms with Crippen LogP contribution in [0.25, 0.3) is 0 Å². The van der Waals surface area contributed by atoms with Crippen LogP contribution in [0.15, 0.2) is 54.6 Å². The molecule has 1 N–H and O–H groups in total. The van der Waals surface area contributed by atoms with Gasteiger partial charge in [-0.3, -0.25) is 4.79 Å². The molecule has 0 aliphatic rings. The van der Waals surface area contributed by atoms with Crippen LogP contribution in [0.4, 0.5) is 4.39 Å². The van der Waals surface area contributed by atoms with Crippen molar-refractivity contribution >= 4 is 5.91 Å². The Bertz CT molecular complexity index is 632. The van der Waals surface area contributed by atoms with Gasteiger partial charge in [0.1, 0.15) is 11.7 Å². The molecule has 1 amide bonds. The van der Waals surface area contributed by atoms with Gasteiger partial charge in [-0.1, -0.05) is 42.5 Å². The second-order valence-electron chi connectivity index (χ2n) is 4.72. The molecule has 2 aromatic carbocycles. The highest BCUT2D eigenvalue weighted by atomic mass is 19.1. The Hall–Kier alpha value is -2.67. The van der Waals surface area contributed by atoms with Crippen molar-refractivity contribution in [3.63, 3.8) is 0 Å². The Balaban J connectivity index is 1.91. The van der Waals surface area contributed by atoms with Crippen LogP contribution >= 0.6 is 0 Å². The highest BCUT2D eigenvalue weighted by Crippen LogP contribution is 2.09. The molecular weight excluding hydrogens is 267 g/mol. The van der Waals surface area contributed by atoms with Crippen molar-refractivity contribution in [2.45, 2.75) is 13.0 Å². The van der Waals surface area contributed by atoms with Crippen molar-refractivity contribution < 1.29 is 9.18 Å². The lowest BCUT2D eigenvalue weighted by Gasteiger charge is -2.10. The van der Waals surface area contributed by atoms with E-state index in [1.807, 2.05) is 36.4 Å². The third kappa shape index (κ3) is 4.43. The van der Waals surface area contributed by atoms with Crippen molar-refractivity contribution in [1.29, 1.82) is 5.26 Å². The minimum atomic E-state index is -0.729. The summed E-state index contributed by atoms with van der Waals surface area (Å²) in [6.45, 7) is 0.284. The van der Waals surface area contributed by atoms with Crippen LogP contribution in [0.5, 0.6) is 0 Å². The smallest absolute Gasteiger partial charge is 0.237 e. The van der Waals surface area contributed by atoms with Gasteiger partial charge in [0, 0.05) is 6.54 Å². The monoisotopic (exact) mass is 282 g/mol. The molecule has 1 unspecified atom stereocenters. The van der Waals surface area contributed by atoms with Gasteiger partial charge in [-0.2, -0.15) is 5.26 Å². The number of nitrogens with zero attached hydrogens (tertiary/aromatic N) is 1. The number of hydrogen-bond acceptors (Lipinski definition) is 2. The number of halogens is 1. The summed E-state index contributed by atoms with van der Waals surface area (Å²) in [6.07, 6.45) is 0.382. The number of hydrogen-bond donors (Lipinski definition) is 1. The standard InChI is InChI=1S/C17H15FN2O/c18-16-8-6-14(7-9-16)12-20-17(21)15(11-19)10-13-4-2-1-3-5-13/h1-9,15H,10,12H2,(H,20,21). The molecule has 1 atom stereocenters. The molecule has 0 aliphatic heterocycles. The molecule has 0 fully saturated rings. The predicted molar refractivity (Wildman–Crippen MR) is 77.5 cm³/mol. The lowest BCUT2D eigenvalue weighted by Crippen LogP contribution is -2.30. The van der Waals surface area contributed by atoms with E-state index in [2.05, 4.69) is 5.32 Å².